The summed E-state index contributed by atoms with van der Waals surface area (Å²) in [5.41, 5.74) is 7.44. The number of ether oxygens (including phenoxy) is 1. The number of hydrogen-bond acceptors (Lipinski definition) is 7. The summed E-state index contributed by atoms with van der Waals surface area (Å²) >= 11 is 5.89. The molecule has 2 aliphatic rings. The number of nitrogens with zero attached hydrogens (tertiary/aromatic N) is 2. The maximum absolute atomic E-state index is 13.9. The number of hydrogen-bond donors (Lipinski definition) is 2. The predicted octanol–water partition coefficient (Wildman–Crippen LogP) is 4.85. The molecule has 10 nitrogen and oxygen atoms in total. The molecule has 0 saturated carbocycles. The first-order valence-corrected chi connectivity index (χ1v) is 14.9. The van der Waals surface area contributed by atoms with Crippen LogP contribution in [0.2, 0.25) is 5.02 Å². The van der Waals surface area contributed by atoms with Gasteiger partial charge in [0.05, 0.1) is 17.8 Å². The van der Waals surface area contributed by atoms with Crippen LogP contribution in [0, 0.1) is 0 Å². The van der Waals surface area contributed by atoms with Crippen molar-refractivity contribution in [1.82, 2.24) is 4.90 Å². The fourth-order valence-corrected chi connectivity index (χ4v) is 5.83. The molecule has 4 aromatic carbocycles. The molecule has 2 aliphatic heterocycles. The lowest BCUT2D eigenvalue weighted by Gasteiger charge is -2.24. The Balaban J connectivity index is 1.15. The number of rotatable bonds is 9. The molecule has 3 amide bonds. The van der Waals surface area contributed by atoms with Crippen LogP contribution in [0.3, 0.4) is 0 Å². The van der Waals surface area contributed by atoms with E-state index in [0.29, 0.717) is 39.7 Å². The van der Waals surface area contributed by atoms with Gasteiger partial charge in [0.15, 0.2) is 18.0 Å². The van der Waals surface area contributed by atoms with Crippen molar-refractivity contribution < 1.29 is 28.8 Å². The number of nitrogens with two attached hydrogens (primary N) is 1. The number of nitrogens with one attached hydrogen (secondary N) is 1. The van der Waals surface area contributed by atoms with E-state index in [9.17, 15) is 19.2 Å². The van der Waals surface area contributed by atoms with E-state index in [1.807, 2.05) is 6.07 Å². The van der Waals surface area contributed by atoms with Crippen LogP contribution in [-0.2, 0) is 14.4 Å². The minimum atomic E-state index is -0.991. The van der Waals surface area contributed by atoms with Crippen molar-refractivity contribution in [3.05, 3.63) is 130 Å². The van der Waals surface area contributed by atoms with Gasteiger partial charge in [0.25, 0.3) is 11.8 Å². The molecule has 6 rings (SSSR count). The minimum absolute atomic E-state index is 0.0404. The summed E-state index contributed by atoms with van der Waals surface area (Å²) in [6.07, 6.45) is 0.427. The second-order valence-electron chi connectivity index (χ2n) is 11.2. The van der Waals surface area contributed by atoms with Crippen LogP contribution in [0.25, 0.3) is 0 Å². The molecule has 46 heavy (non-hydrogen) atoms. The summed E-state index contributed by atoms with van der Waals surface area (Å²) in [5, 5.41) is 7.69. The molecule has 11 heteroatoms. The van der Waals surface area contributed by atoms with E-state index in [2.05, 4.69) is 10.5 Å². The minimum Gasteiger partial charge on any atom is -0.484 e. The number of carbonyl (C=O) groups excluding carboxylic acids is 4. The Morgan fingerprint density at radius 1 is 0.935 bits per heavy atom. The first-order valence-electron chi connectivity index (χ1n) is 14.5. The number of primary amides is 1. The lowest BCUT2D eigenvalue weighted by atomic mass is 9.91. The van der Waals surface area contributed by atoms with Crippen LogP contribution in [0.1, 0.15) is 44.7 Å². The van der Waals surface area contributed by atoms with Gasteiger partial charge < -0.3 is 25.5 Å². The van der Waals surface area contributed by atoms with Gasteiger partial charge in [-0.25, -0.2) is 0 Å². The van der Waals surface area contributed by atoms with Gasteiger partial charge in [0.1, 0.15) is 11.8 Å². The van der Waals surface area contributed by atoms with E-state index in [0.717, 1.165) is 0 Å². The molecule has 1 fully saturated rings. The van der Waals surface area contributed by atoms with E-state index >= 15 is 0 Å². The molecular formula is C35H29ClN4O6. The van der Waals surface area contributed by atoms with Gasteiger partial charge in [-0.05, 0) is 42.5 Å². The molecule has 2 heterocycles. The lowest BCUT2D eigenvalue weighted by molar-refractivity contribution is -0.122. The van der Waals surface area contributed by atoms with Crippen molar-refractivity contribution in [1.29, 1.82) is 0 Å². The Kier molecular flexibility index (Phi) is 8.54. The van der Waals surface area contributed by atoms with E-state index in [1.165, 1.54) is 4.90 Å². The molecule has 1 saturated heterocycles. The Bertz CT molecular complexity index is 1850. The standard InChI is InChI=1S/C35H29ClN4O6/c36-24-13-15-26(16-14-24)45-20-31(41)38-25-10-6-9-23(17-25)29-18-35(46-39-29)19-30(33(37)43)40(21-35)34(44)28-12-5-4-11-27(28)32(42)22-7-2-1-3-8-22/h1-17,30H,18-21H2,(H2,37,43)(H,38,41)/t30-,35?/m1/s1. The molecule has 0 aliphatic carbocycles. The Labute approximate surface area is 269 Å². The van der Waals surface area contributed by atoms with Gasteiger partial charge >= 0.3 is 0 Å². The van der Waals surface area contributed by atoms with Crippen LogP contribution in [-0.4, -0.2) is 58.9 Å². The van der Waals surface area contributed by atoms with Crippen molar-refractivity contribution in [2.45, 2.75) is 24.5 Å². The lowest BCUT2D eigenvalue weighted by Crippen LogP contribution is -2.44. The highest BCUT2D eigenvalue weighted by Crippen LogP contribution is 2.39. The van der Waals surface area contributed by atoms with Crippen molar-refractivity contribution in [2.75, 3.05) is 18.5 Å². The third-order valence-corrected chi connectivity index (χ3v) is 8.18. The summed E-state index contributed by atoms with van der Waals surface area (Å²) < 4.78 is 5.52. The number of halogens is 1. The summed E-state index contributed by atoms with van der Waals surface area (Å²) in [6.45, 7) is -0.157. The first-order chi connectivity index (χ1) is 22.2. The third kappa shape index (κ3) is 6.47. The number of benzene rings is 4. The zero-order valence-electron chi connectivity index (χ0n) is 24.5. The highest BCUT2D eigenvalue weighted by Gasteiger charge is 2.53. The highest BCUT2D eigenvalue weighted by atomic mass is 35.5. The molecular weight excluding hydrogens is 608 g/mol. The van der Waals surface area contributed by atoms with Gasteiger partial charge in [0.2, 0.25) is 5.91 Å². The van der Waals surface area contributed by atoms with Crippen molar-refractivity contribution in [3.63, 3.8) is 0 Å². The molecule has 4 aromatic rings. The SMILES string of the molecule is NC(=O)[C@H]1CC2(CC(c3cccc(NC(=O)COc4ccc(Cl)cc4)c3)=NO2)CN1C(=O)c1ccccc1C(=O)c1ccccc1. The van der Waals surface area contributed by atoms with Crippen LogP contribution in [0.15, 0.2) is 108 Å². The zero-order chi connectivity index (χ0) is 32.3. The van der Waals surface area contributed by atoms with Crippen LogP contribution in [0.4, 0.5) is 5.69 Å². The van der Waals surface area contributed by atoms with Gasteiger partial charge in [-0.3, -0.25) is 19.2 Å². The summed E-state index contributed by atoms with van der Waals surface area (Å²) in [6, 6.07) is 28.0. The average molecular weight is 637 g/mol. The first kappa shape index (κ1) is 30.5. The maximum atomic E-state index is 13.9. The van der Waals surface area contributed by atoms with Gasteiger partial charge in [-0.15, -0.1) is 0 Å². The quantitative estimate of drug-likeness (QED) is 0.252. The number of carbonyl (C=O) groups is 4. The van der Waals surface area contributed by atoms with Gasteiger partial charge in [0, 0.05) is 40.2 Å². The summed E-state index contributed by atoms with van der Waals surface area (Å²) in [7, 11) is 0. The third-order valence-electron chi connectivity index (χ3n) is 7.93. The van der Waals surface area contributed by atoms with Gasteiger partial charge in [-0.2, -0.15) is 0 Å². The molecule has 2 atom stereocenters. The van der Waals surface area contributed by atoms with Crippen LogP contribution < -0.4 is 15.8 Å². The van der Waals surface area contributed by atoms with E-state index < -0.39 is 23.5 Å². The highest BCUT2D eigenvalue weighted by molar-refractivity contribution is 6.30. The fraction of sp³-hybridized carbons (Fsp3) is 0.171. The largest absolute Gasteiger partial charge is 0.484 e. The number of oxime groups is 1. The second-order valence-corrected chi connectivity index (χ2v) is 11.6. The molecule has 1 unspecified atom stereocenters. The Morgan fingerprint density at radius 2 is 1.65 bits per heavy atom. The maximum Gasteiger partial charge on any atom is 0.262 e. The molecule has 1 spiro atoms. The molecule has 3 N–H and O–H groups in total. The monoisotopic (exact) mass is 636 g/mol. The van der Waals surface area contributed by atoms with Crippen molar-refractivity contribution >= 4 is 46.5 Å². The average Bonchev–Trinajstić information content (AvgIpc) is 3.68. The second kappa shape index (κ2) is 12.9. The number of ketones is 1. The molecule has 232 valence electrons. The van der Waals surface area contributed by atoms with Crippen molar-refractivity contribution in [3.8, 4) is 5.75 Å². The fourth-order valence-electron chi connectivity index (χ4n) is 5.71. The number of anilines is 1. The Hall–Kier alpha value is -5.48. The summed E-state index contributed by atoms with van der Waals surface area (Å²) in [4.78, 5) is 59.7. The topological polar surface area (TPSA) is 140 Å². The molecule has 0 bridgehead atoms. The summed E-state index contributed by atoms with van der Waals surface area (Å²) in [5.74, 6) is -1.32. The predicted molar refractivity (Wildman–Crippen MR) is 172 cm³/mol. The van der Waals surface area contributed by atoms with Crippen LogP contribution in [0.5, 0.6) is 5.75 Å². The van der Waals surface area contributed by atoms with Gasteiger partial charge in [-0.1, -0.05) is 77.4 Å². The van der Waals surface area contributed by atoms with Crippen LogP contribution >= 0.6 is 11.6 Å². The smallest absolute Gasteiger partial charge is 0.262 e. The van der Waals surface area contributed by atoms with Crippen molar-refractivity contribution in [2.24, 2.45) is 10.9 Å². The number of likely N-dealkylation sites (tertiary alicyclic amines) is 1. The van der Waals surface area contributed by atoms with E-state index in [-0.39, 0.29) is 42.4 Å². The normalized spacial score (nSPS) is 18.5. The zero-order valence-corrected chi connectivity index (χ0v) is 25.3. The Morgan fingerprint density at radius 3 is 2.39 bits per heavy atom. The van der Waals surface area contributed by atoms with E-state index in [4.69, 9.17) is 26.9 Å². The molecule has 0 radical (unpaired) electrons. The number of amides is 3. The molecule has 0 aromatic heterocycles. The van der Waals surface area contributed by atoms with E-state index in [1.54, 1.807) is 97.1 Å².